The van der Waals surface area contributed by atoms with Gasteiger partial charge in [-0.25, -0.2) is 9.80 Å². The van der Waals surface area contributed by atoms with Crippen LogP contribution < -0.4 is 5.32 Å². The molecule has 2 aliphatic rings. The molecule has 1 aliphatic heterocycles. The summed E-state index contributed by atoms with van der Waals surface area (Å²) in [5.41, 5.74) is 6.50. The number of carbonyl (C=O) groups excluding carboxylic acids is 1. The first-order valence-electron chi connectivity index (χ1n) is 11.1. The second-order valence-corrected chi connectivity index (χ2v) is 9.27. The van der Waals surface area contributed by atoms with Crippen LogP contribution in [0.4, 0.5) is 10.5 Å². The number of fused-ring (bicyclic) bond motifs is 3. The molecule has 5 rings (SSSR count). The number of aryl methyl sites for hydroxylation is 1. The zero-order valence-electron chi connectivity index (χ0n) is 18.3. The Bertz CT molecular complexity index is 1170. The molecule has 2 unspecified atom stereocenters. The number of halogens is 1. The van der Waals surface area contributed by atoms with Crippen molar-refractivity contribution in [3.8, 4) is 0 Å². The number of hydrazone groups is 1. The highest BCUT2D eigenvalue weighted by Crippen LogP contribution is 2.43. The second-order valence-electron chi connectivity index (χ2n) is 8.84. The Morgan fingerprint density at radius 1 is 1.03 bits per heavy atom. The molecular weight excluding hydrogens is 418 g/mol. The molecule has 3 aromatic rings. The molecule has 162 valence electrons. The quantitative estimate of drug-likeness (QED) is 0.464. The van der Waals surface area contributed by atoms with Crippen molar-refractivity contribution >= 4 is 29.0 Å². The number of hydrogen-bond donors (Lipinski definition) is 1. The van der Waals surface area contributed by atoms with E-state index in [9.17, 15) is 4.79 Å². The molecule has 2 amide bonds. The van der Waals surface area contributed by atoms with Crippen LogP contribution in [-0.4, -0.2) is 16.8 Å². The van der Waals surface area contributed by atoms with E-state index in [1.54, 1.807) is 5.01 Å². The Morgan fingerprint density at radius 2 is 1.75 bits per heavy atom. The van der Waals surface area contributed by atoms with Crippen molar-refractivity contribution in [3.05, 3.63) is 100 Å². The molecule has 5 heteroatoms. The molecule has 1 N–H and O–H groups in total. The molecule has 3 aromatic carbocycles. The lowest BCUT2D eigenvalue weighted by molar-refractivity contribution is 0.188. The number of urea groups is 1. The minimum absolute atomic E-state index is 0.153. The van der Waals surface area contributed by atoms with Crippen molar-refractivity contribution < 1.29 is 4.79 Å². The van der Waals surface area contributed by atoms with Gasteiger partial charge in [0.25, 0.3) is 0 Å². The van der Waals surface area contributed by atoms with Gasteiger partial charge in [-0.2, -0.15) is 5.10 Å². The summed E-state index contributed by atoms with van der Waals surface area (Å²) in [6.45, 7) is 4.31. The molecule has 0 aromatic heterocycles. The molecule has 0 saturated carbocycles. The monoisotopic (exact) mass is 443 g/mol. The number of anilines is 1. The van der Waals surface area contributed by atoms with Crippen LogP contribution in [0.3, 0.4) is 0 Å². The van der Waals surface area contributed by atoms with Gasteiger partial charge in [0.15, 0.2) is 0 Å². The maximum atomic E-state index is 13.4. The van der Waals surface area contributed by atoms with Gasteiger partial charge in [0.05, 0.1) is 11.8 Å². The van der Waals surface area contributed by atoms with E-state index in [1.807, 2.05) is 42.5 Å². The van der Waals surface area contributed by atoms with Gasteiger partial charge in [-0.3, -0.25) is 0 Å². The van der Waals surface area contributed by atoms with Gasteiger partial charge in [-0.1, -0.05) is 74.0 Å². The maximum Gasteiger partial charge on any atom is 0.342 e. The number of rotatable bonds is 3. The maximum absolute atomic E-state index is 13.4. The third-order valence-electron chi connectivity index (χ3n) is 6.48. The minimum atomic E-state index is -0.221. The summed E-state index contributed by atoms with van der Waals surface area (Å²) in [7, 11) is 0. The molecule has 2 atom stereocenters. The first kappa shape index (κ1) is 20.8. The van der Waals surface area contributed by atoms with Crippen LogP contribution in [0.2, 0.25) is 5.02 Å². The predicted molar refractivity (Wildman–Crippen MR) is 130 cm³/mol. The van der Waals surface area contributed by atoms with Gasteiger partial charge in [0.2, 0.25) is 0 Å². The standard InChI is InChI=1S/C27H26ClN3O/c1-17(2)18-9-14-22(15-10-18)29-27(32)31-26(20-7-12-21(28)13-8-20)24-16-11-19-5-3-4-6-23(19)25(24)30-31/h3-10,12-15,17,24,26H,11,16H2,1-2H3,(H,29,32). The van der Waals surface area contributed by atoms with E-state index in [1.165, 1.54) is 11.1 Å². The van der Waals surface area contributed by atoms with Gasteiger partial charge < -0.3 is 5.32 Å². The van der Waals surface area contributed by atoms with E-state index >= 15 is 0 Å². The molecule has 1 aliphatic carbocycles. The van der Waals surface area contributed by atoms with Gasteiger partial charge in [0, 0.05) is 22.2 Å². The Balaban J connectivity index is 1.49. The van der Waals surface area contributed by atoms with Gasteiger partial charge in [-0.05, 0) is 59.7 Å². The first-order valence-corrected chi connectivity index (χ1v) is 11.5. The zero-order valence-corrected chi connectivity index (χ0v) is 19.0. The van der Waals surface area contributed by atoms with E-state index in [-0.39, 0.29) is 18.0 Å². The summed E-state index contributed by atoms with van der Waals surface area (Å²) in [5.74, 6) is 0.599. The molecule has 0 bridgehead atoms. The molecule has 1 heterocycles. The number of amides is 2. The Kier molecular flexibility index (Phi) is 5.48. The van der Waals surface area contributed by atoms with Crippen LogP contribution in [-0.2, 0) is 6.42 Å². The Hall–Kier alpha value is -3.11. The van der Waals surface area contributed by atoms with Crippen LogP contribution in [0.1, 0.15) is 54.5 Å². The minimum Gasteiger partial charge on any atom is -0.306 e. The molecule has 4 nitrogen and oxygen atoms in total. The van der Waals surface area contributed by atoms with Crippen LogP contribution in [0, 0.1) is 5.92 Å². The molecular formula is C27H26ClN3O. The van der Waals surface area contributed by atoms with Crippen molar-refractivity contribution in [1.29, 1.82) is 0 Å². The molecule has 0 fully saturated rings. The predicted octanol–water partition coefficient (Wildman–Crippen LogP) is 7.02. The lowest BCUT2D eigenvalue weighted by Crippen LogP contribution is -2.34. The van der Waals surface area contributed by atoms with Crippen molar-refractivity contribution in [2.45, 2.75) is 38.6 Å². The summed E-state index contributed by atoms with van der Waals surface area (Å²) < 4.78 is 0. The SMILES string of the molecule is CC(C)c1ccc(NC(=O)N2N=C3c4ccccc4CCC3C2c2ccc(Cl)cc2)cc1. The van der Waals surface area contributed by atoms with Gasteiger partial charge >= 0.3 is 6.03 Å². The van der Waals surface area contributed by atoms with E-state index < -0.39 is 0 Å². The third-order valence-corrected chi connectivity index (χ3v) is 6.73. The van der Waals surface area contributed by atoms with E-state index in [2.05, 4.69) is 49.5 Å². The molecule has 32 heavy (non-hydrogen) atoms. The van der Waals surface area contributed by atoms with Crippen LogP contribution in [0.5, 0.6) is 0 Å². The lowest BCUT2D eigenvalue weighted by atomic mass is 9.77. The largest absolute Gasteiger partial charge is 0.342 e. The smallest absolute Gasteiger partial charge is 0.306 e. The van der Waals surface area contributed by atoms with Crippen molar-refractivity contribution in [2.75, 3.05) is 5.32 Å². The van der Waals surface area contributed by atoms with Crippen LogP contribution in [0.15, 0.2) is 77.9 Å². The highest BCUT2D eigenvalue weighted by atomic mass is 35.5. The molecule has 0 saturated heterocycles. The summed E-state index contributed by atoms with van der Waals surface area (Å²) in [4.78, 5) is 13.4. The third kappa shape index (κ3) is 3.80. The number of hydrogen-bond acceptors (Lipinski definition) is 2. The van der Waals surface area contributed by atoms with Crippen LogP contribution in [0.25, 0.3) is 0 Å². The lowest BCUT2D eigenvalue weighted by Gasteiger charge is -2.29. The van der Waals surface area contributed by atoms with E-state index in [0.717, 1.165) is 35.4 Å². The normalized spacial score (nSPS) is 19.4. The van der Waals surface area contributed by atoms with Crippen molar-refractivity contribution in [2.24, 2.45) is 11.0 Å². The van der Waals surface area contributed by atoms with Crippen molar-refractivity contribution in [1.82, 2.24) is 5.01 Å². The van der Waals surface area contributed by atoms with Crippen LogP contribution >= 0.6 is 11.6 Å². The second kappa shape index (κ2) is 8.44. The van der Waals surface area contributed by atoms with Gasteiger partial charge in [-0.15, -0.1) is 0 Å². The summed E-state index contributed by atoms with van der Waals surface area (Å²) >= 11 is 6.14. The average Bonchev–Trinajstić information content (AvgIpc) is 3.20. The first-order chi connectivity index (χ1) is 15.5. The average molecular weight is 444 g/mol. The molecule has 0 spiro atoms. The van der Waals surface area contributed by atoms with E-state index in [0.29, 0.717) is 10.9 Å². The Morgan fingerprint density at radius 3 is 2.47 bits per heavy atom. The summed E-state index contributed by atoms with van der Waals surface area (Å²) in [6.07, 6.45) is 1.94. The Labute approximate surface area is 193 Å². The fourth-order valence-electron chi connectivity index (χ4n) is 4.76. The number of carbonyl (C=O) groups is 1. The number of nitrogens with one attached hydrogen (secondary N) is 1. The summed E-state index contributed by atoms with van der Waals surface area (Å²) in [5, 5.41) is 10.2. The van der Waals surface area contributed by atoms with Gasteiger partial charge in [0.1, 0.15) is 0 Å². The molecule has 0 radical (unpaired) electrons. The highest BCUT2D eigenvalue weighted by molar-refractivity contribution is 6.30. The van der Waals surface area contributed by atoms with E-state index in [4.69, 9.17) is 16.7 Å². The number of benzene rings is 3. The highest BCUT2D eigenvalue weighted by Gasteiger charge is 2.43. The fourth-order valence-corrected chi connectivity index (χ4v) is 4.88. The van der Waals surface area contributed by atoms with Crippen molar-refractivity contribution in [3.63, 3.8) is 0 Å². The zero-order chi connectivity index (χ0) is 22.2. The fraction of sp³-hybridized carbons (Fsp3) is 0.259. The number of nitrogens with zero attached hydrogens (tertiary/aromatic N) is 2. The topological polar surface area (TPSA) is 44.7 Å². The summed E-state index contributed by atoms with van der Waals surface area (Å²) in [6, 6.07) is 23.8.